The van der Waals surface area contributed by atoms with Gasteiger partial charge in [0, 0.05) is 17.8 Å². The topological polar surface area (TPSA) is 58.9 Å². The van der Waals surface area contributed by atoms with E-state index in [4.69, 9.17) is 5.73 Å². The number of nitrogens with two attached hydrogens (primary N) is 1. The molecule has 0 saturated heterocycles. The van der Waals surface area contributed by atoms with Crippen molar-refractivity contribution >= 4 is 0 Å². The minimum atomic E-state index is -0.0516. The normalized spacial score (nSPS) is 18.6. The molecule has 1 atom stereocenters. The fraction of sp³-hybridized carbons (Fsp3) is 0.500. The first kappa shape index (κ1) is 8.51. The molecule has 13 heavy (non-hydrogen) atoms. The molecule has 1 aliphatic rings. The third-order valence-electron chi connectivity index (χ3n) is 2.65. The van der Waals surface area contributed by atoms with Crippen molar-refractivity contribution in [1.29, 1.82) is 0 Å². The molecule has 1 aliphatic carbocycles. The van der Waals surface area contributed by atoms with Crippen molar-refractivity contribution < 1.29 is 0 Å². The Balaban J connectivity index is 2.33. The van der Waals surface area contributed by atoms with Gasteiger partial charge in [0.15, 0.2) is 0 Å². The maximum atomic E-state index is 11.0. The molecule has 1 aromatic heterocycles. The Hall–Kier alpha value is -1.09. The Morgan fingerprint density at radius 2 is 2.23 bits per heavy atom. The molecule has 0 unspecified atom stereocenters. The molecule has 0 bridgehead atoms. The molecule has 3 N–H and O–H groups in total. The molecule has 3 heteroatoms. The summed E-state index contributed by atoms with van der Waals surface area (Å²) < 4.78 is 0. The zero-order valence-electron chi connectivity index (χ0n) is 7.71. The molecule has 2 rings (SSSR count). The summed E-state index contributed by atoms with van der Waals surface area (Å²) in [6.07, 6.45) is 2.44. The second-order valence-electron chi connectivity index (χ2n) is 3.77. The standard InChI is InChI=1S/C10H14N2O/c1-6-8(4-5-9(13)12-6)10(11)7-2-3-7/h4-5,7,10H,2-3,11H2,1H3,(H,12,13)/t10-/m0/s1. The zero-order valence-corrected chi connectivity index (χ0v) is 7.71. The number of aromatic amines is 1. The van der Waals surface area contributed by atoms with Crippen LogP contribution in [-0.2, 0) is 0 Å². The van der Waals surface area contributed by atoms with Crippen molar-refractivity contribution in [3.63, 3.8) is 0 Å². The number of aromatic nitrogens is 1. The van der Waals surface area contributed by atoms with Crippen molar-refractivity contribution in [2.45, 2.75) is 25.8 Å². The summed E-state index contributed by atoms with van der Waals surface area (Å²) in [6, 6.07) is 3.50. The summed E-state index contributed by atoms with van der Waals surface area (Å²) in [7, 11) is 0. The summed E-state index contributed by atoms with van der Waals surface area (Å²) in [5.41, 5.74) is 7.97. The van der Waals surface area contributed by atoms with E-state index in [0.717, 1.165) is 11.3 Å². The molecule has 0 amide bonds. The van der Waals surface area contributed by atoms with Crippen LogP contribution in [0.25, 0.3) is 0 Å². The Kier molecular flexibility index (Phi) is 1.96. The summed E-state index contributed by atoms with van der Waals surface area (Å²) in [4.78, 5) is 13.7. The van der Waals surface area contributed by atoms with Gasteiger partial charge in [-0.05, 0) is 31.2 Å². The number of rotatable bonds is 2. The highest BCUT2D eigenvalue weighted by atomic mass is 16.1. The van der Waals surface area contributed by atoms with Crippen molar-refractivity contribution in [1.82, 2.24) is 4.98 Å². The number of hydrogen-bond acceptors (Lipinski definition) is 2. The van der Waals surface area contributed by atoms with Gasteiger partial charge in [0.1, 0.15) is 0 Å². The van der Waals surface area contributed by atoms with E-state index < -0.39 is 0 Å². The van der Waals surface area contributed by atoms with Crippen LogP contribution in [0.2, 0.25) is 0 Å². The van der Waals surface area contributed by atoms with Gasteiger partial charge in [0.25, 0.3) is 0 Å². The molecule has 1 fully saturated rings. The van der Waals surface area contributed by atoms with Crippen LogP contribution in [0.4, 0.5) is 0 Å². The van der Waals surface area contributed by atoms with Crippen LogP contribution in [0.1, 0.15) is 30.1 Å². The number of H-pyrrole nitrogens is 1. The predicted molar refractivity (Wildman–Crippen MR) is 51.5 cm³/mol. The predicted octanol–water partition coefficient (Wildman–Crippen LogP) is 1.09. The SMILES string of the molecule is Cc1[nH]c(=O)ccc1[C@@H](N)C1CC1. The highest BCUT2D eigenvalue weighted by Gasteiger charge is 2.30. The maximum absolute atomic E-state index is 11.0. The van der Waals surface area contributed by atoms with Crippen LogP contribution in [0.5, 0.6) is 0 Å². The second kappa shape index (κ2) is 3.00. The second-order valence-corrected chi connectivity index (χ2v) is 3.77. The van der Waals surface area contributed by atoms with E-state index >= 15 is 0 Å². The first-order valence-corrected chi connectivity index (χ1v) is 4.64. The highest BCUT2D eigenvalue weighted by Crippen LogP contribution is 2.39. The Morgan fingerprint density at radius 3 is 2.77 bits per heavy atom. The van der Waals surface area contributed by atoms with Crippen molar-refractivity contribution in [2.75, 3.05) is 0 Å². The average Bonchev–Trinajstić information content (AvgIpc) is 2.85. The Labute approximate surface area is 77.0 Å². The molecule has 1 saturated carbocycles. The van der Waals surface area contributed by atoms with Gasteiger partial charge in [-0.2, -0.15) is 0 Å². The number of nitrogens with one attached hydrogen (secondary N) is 1. The average molecular weight is 178 g/mol. The van der Waals surface area contributed by atoms with Gasteiger partial charge in [-0.3, -0.25) is 4.79 Å². The van der Waals surface area contributed by atoms with Crippen LogP contribution >= 0.6 is 0 Å². The molecular formula is C10H14N2O. The van der Waals surface area contributed by atoms with E-state index in [0.29, 0.717) is 5.92 Å². The van der Waals surface area contributed by atoms with Crippen molar-refractivity contribution in [2.24, 2.45) is 11.7 Å². The van der Waals surface area contributed by atoms with E-state index in [1.807, 2.05) is 13.0 Å². The molecule has 0 spiro atoms. The maximum Gasteiger partial charge on any atom is 0.248 e. The van der Waals surface area contributed by atoms with Gasteiger partial charge in [-0.25, -0.2) is 0 Å². The van der Waals surface area contributed by atoms with E-state index in [1.54, 1.807) is 6.07 Å². The summed E-state index contributed by atoms with van der Waals surface area (Å²) in [5, 5.41) is 0. The lowest BCUT2D eigenvalue weighted by Gasteiger charge is -2.12. The highest BCUT2D eigenvalue weighted by molar-refractivity contribution is 5.23. The van der Waals surface area contributed by atoms with Crippen LogP contribution in [0.3, 0.4) is 0 Å². The van der Waals surface area contributed by atoms with E-state index in [2.05, 4.69) is 4.98 Å². The van der Waals surface area contributed by atoms with Crippen LogP contribution in [0.15, 0.2) is 16.9 Å². The van der Waals surface area contributed by atoms with Gasteiger partial charge < -0.3 is 10.7 Å². The molecule has 3 nitrogen and oxygen atoms in total. The molecule has 1 heterocycles. The number of pyridine rings is 1. The Morgan fingerprint density at radius 1 is 1.54 bits per heavy atom. The summed E-state index contributed by atoms with van der Waals surface area (Å²) >= 11 is 0. The lowest BCUT2D eigenvalue weighted by Crippen LogP contribution is -2.17. The minimum absolute atomic E-state index is 0.0516. The monoisotopic (exact) mass is 178 g/mol. The van der Waals surface area contributed by atoms with Gasteiger partial charge in [-0.15, -0.1) is 0 Å². The smallest absolute Gasteiger partial charge is 0.248 e. The van der Waals surface area contributed by atoms with Crippen LogP contribution in [0, 0.1) is 12.8 Å². The zero-order chi connectivity index (χ0) is 9.42. The summed E-state index contributed by atoms with van der Waals surface area (Å²) in [5.74, 6) is 0.629. The lowest BCUT2D eigenvalue weighted by atomic mass is 10.0. The van der Waals surface area contributed by atoms with Crippen LogP contribution in [-0.4, -0.2) is 4.98 Å². The molecule has 0 aliphatic heterocycles. The number of hydrogen-bond donors (Lipinski definition) is 2. The molecule has 1 aromatic rings. The van der Waals surface area contributed by atoms with Crippen LogP contribution < -0.4 is 11.3 Å². The lowest BCUT2D eigenvalue weighted by molar-refractivity contribution is 0.625. The van der Waals surface area contributed by atoms with Crippen molar-refractivity contribution in [3.8, 4) is 0 Å². The van der Waals surface area contributed by atoms with Gasteiger partial charge in [0.2, 0.25) is 5.56 Å². The molecule has 0 aromatic carbocycles. The quantitative estimate of drug-likeness (QED) is 0.712. The molecule has 70 valence electrons. The molecule has 0 radical (unpaired) electrons. The fourth-order valence-corrected chi connectivity index (χ4v) is 1.66. The fourth-order valence-electron chi connectivity index (χ4n) is 1.66. The van der Waals surface area contributed by atoms with E-state index in [1.165, 1.54) is 12.8 Å². The first-order chi connectivity index (χ1) is 6.18. The van der Waals surface area contributed by atoms with Gasteiger partial charge in [-0.1, -0.05) is 6.07 Å². The first-order valence-electron chi connectivity index (χ1n) is 4.64. The van der Waals surface area contributed by atoms with E-state index in [-0.39, 0.29) is 11.6 Å². The third kappa shape index (κ3) is 1.65. The largest absolute Gasteiger partial charge is 0.326 e. The van der Waals surface area contributed by atoms with Gasteiger partial charge in [0.05, 0.1) is 0 Å². The van der Waals surface area contributed by atoms with Crippen molar-refractivity contribution in [3.05, 3.63) is 33.7 Å². The third-order valence-corrected chi connectivity index (χ3v) is 2.65. The van der Waals surface area contributed by atoms with Gasteiger partial charge >= 0.3 is 0 Å². The summed E-state index contributed by atoms with van der Waals surface area (Å²) in [6.45, 7) is 1.90. The number of aryl methyl sites for hydroxylation is 1. The minimum Gasteiger partial charge on any atom is -0.326 e. The Bertz CT molecular complexity index is 365. The van der Waals surface area contributed by atoms with E-state index in [9.17, 15) is 4.79 Å². The molecular weight excluding hydrogens is 164 g/mol.